The van der Waals surface area contributed by atoms with Crippen molar-refractivity contribution in [2.75, 3.05) is 13.1 Å². The zero-order valence-electron chi connectivity index (χ0n) is 18.5. The lowest BCUT2D eigenvalue weighted by Gasteiger charge is -2.36. The minimum atomic E-state index is -0.624. The van der Waals surface area contributed by atoms with Crippen LogP contribution in [0.25, 0.3) is 5.57 Å². The lowest BCUT2D eigenvalue weighted by Crippen LogP contribution is -2.45. The third-order valence-corrected chi connectivity index (χ3v) is 5.83. The van der Waals surface area contributed by atoms with E-state index in [0.717, 1.165) is 25.0 Å². The van der Waals surface area contributed by atoms with Gasteiger partial charge < -0.3 is 15.4 Å². The Labute approximate surface area is 184 Å². The minimum absolute atomic E-state index is 0.0557. The quantitative estimate of drug-likeness (QED) is 0.211. The van der Waals surface area contributed by atoms with E-state index in [1.165, 1.54) is 44.1 Å². The lowest BCUT2D eigenvalue weighted by molar-refractivity contribution is 0.00247. The zero-order chi connectivity index (χ0) is 22.1. The van der Waals surface area contributed by atoms with E-state index in [1.807, 2.05) is 17.1 Å². The van der Waals surface area contributed by atoms with Crippen molar-refractivity contribution >= 4 is 11.4 Å². The van der Waals surface area contributed by atoms with Gasteiger partial charge in [-0.25, -0.2) is 0 Å². The number of nitrogens with one attached hydrogen (secondary N) is 1. The molecule has 1 aliphatic heterocycles. The van der Waals surface area contributed by atoms with Crippen LogP contribution in [-0.4, -0.2) is 45.2 Å². The number of piperidine rings is 1. The molecule has 1 fully saturated rings. The first kappa shape index (κ1) is 23.2. The molecule has 168 valence electrons. The van der Waals surface area contributed by atoms with E-state index in [4.69, 9.17) is 15.7 Å². The van der Waals surface area contributed by atoms with Gasteiger partial charge in [0.15, 0.2) is 0 Å². The van der Waals surface area contributed by atoms with E-state index in [2.05, 4.69) is 34.9 Å². The van der Waals surface area contributed by atoms with Crippen molar-refractivity contribution in [2.24, 2.45) is 5.73 Å². The second kappa shape index (κ2) is 11.8. The molecule has 7 nitrogen and oxygen atoms in total. The van der Waals surface area contributed by atoms with Gasteiger partial charge >= 0.3 is 0 Å². The Morgan fingerprint density at radius 2 is 2.10 bits per heavy atom. The third-order valence-electron chi connectivity index (χ3n) is 5.83. The molecular formula is C24H35N5O2. The fourth-order valence-electron chi connectivity index (χ4n) is 4.17. The third kappa shape index (κ3) is 6.76. The van der Waals surface area contributed by atoms with Gasteiger partial charge in [0.1, 0.15) is 11.9 Å². The number of amidine groups is 1. The Bertz CT molecular complexity index is 863. The predicted octanol–water partition coefficient (Wildman–Crippen LogP) is 4.29. The molecule has 31 heavy (non-hydrogen) atoms. The second-order valence-corrected chi connectivity index (χ2v) is 8.42. The molecule has 0 aromatic carbocycles. The molecule has 0 spiro atoms. The summed E-state index contributed by atoms with van der Waals surface area (Å²) in [6, 6.07) is -0.445. The molecule has 0 amide bonds. The molecule has 4 N–H and O–H groups in total. The number of aliphatic hydroxyl groups is 1. The van der Waals surface area contributed by atoms with Gasteiger partial charge in [-0.1, -0.05) is 56.3 Å². The van der Waals surface area contributed by atoms with E-state index in [1.54, 1.807) is 0 Å². The average Bonchev–Trinajstić information content (AvgIpc) is 3.09. The molecule has 0 saturated carbocycles. The Hall–Kier alpha value is -2.47. The molecule has 1 saturated heterocycles. The molecule has 0 unspecified atom stereocenters. The largest absolute Gasteiger partial charge is 0.391 e. The highest BCUT2D eigenvalue weighted by Gasteiger charge is 2.36. The van der Waals surface area contributed by atoms with Crippen LogP contribution in [-0.2, 0) is 0 Å². The normalized spacial score (nSPS) is 21.6. The molecule has 2 heterocycles. The lowest BCUT2D eigenvalue weighted by atomic mass is 9.98. The molecular weight excluding hydrogens is 390 g/mol. The number of hydrogen-bond donors (Lipinski definition) is 3. The molecule has 2 aliphatic rings. The van der Waals surface area contributed by atoms with Gasteiger partial charge in [-0.2, -0.15) is 4.98 Å². The number of rotatable bonds is 11. The highest BCUT2D eigenvalue weighted by atomic mass is 16.5. The Kier molecular flexibility index (Phi) is 8.83. The van der Waals surface area contributed by atoms with E-state index in [-0.39, 0.29) is 12.4 Å². The van der Waals surface area contributed by atoms with Gasteiger partial charge in [-0.15, -0.1) is 5.73 Å². The number of unbranched alkanes of at least 4 members (excludes halogenated alkanes) is 5. The fourth-order valence-corrected chi connectivity index (χ4v) is 4.17. The number of hydrogen-bond acceptors (Lipinski definition) is 6. The molecule has 2 atom stereocenters. The number of aliphatic hydroxyl groups excluding tert-OH is 1. The number of nitrogens with two attached hydrogens (primary N) is 1. The van der Waals surface area contributed by atoms with Crippen LogP contribution >= 0.6 is 0 Å². The van der Waals surface area contributed by atoms with Crippen molar-refractivity contribution < 1.29 is 9.63 Å². The van der Waals surface area contributed by atoms with Crippen molar-refractivity contribution in [1.29, 1.82) is 5.41 Å². The van der Waals surface area contributed by atoms with Crippen LogP contribution < -0.4 is 5.73 Å². The van der Waals surface area contributed by atoms with Gasteiger partial charge in [0.2, 0.25) is 11.7 Å². The summed E-state index contributed by atoms with van der Waals surface area (Å²) in [7, 11) is 0. The van der Waals surface area contributed by atoms with Crippen LogP contribution in [0.1, 0.15) is 82.5 Å². The topological polar surface area (TPSA) is 112 Å². The summed E-state index contributed by atoms with van der Waals surface area (Å²) in [5, 5.41) is 22.3. The Morgan fingerprint density at radius 1 is 1.29 bits per heavy atom. The van der Waals surface area contributed by atoms with Crippen LogP contribution in [0.2, 0.25) is 0 Å². The van der Waals surface area contributed by atoms with Crippen molar-refractivity contribution in [2.45, 2.75) is 76.9 Å². The van der Waals surface area contributed by atoms with Gasteiger partial charge in [0, 0.05) is 0 Å². The first-order valence-electron chi connectivity index (χ1n) is 11.5. The second-order valence-electron chi connectivity index (χ2n) is 8.42. The summed E-state index contributed by atoms with van der Waals surface area (Å²) < 4.78 is 5.52. The van der Waals surface area contributed by atoms with E-state index < -0.39 is 12.1 Å². The molecule has 1 aliphatic carbocycles. The average molecular weight is 426 g/mol. The summed E-state index contributed by atoms with van der Waals surface area (Å²) in [4.78, 5) is 6.48. The van der Waals surface area contributed by atoms with Crippen LogP contribution in [0.5, 0.6) is 0 Å². The zero-order valence-corrected chi connectivity index (χ0v) is 18.5. The van der Waals surface area contributed by atoms with E-state index >= 15 is 0 Å². The molecule has 0 radical (unpaired) electrons. The standard InChI is InChI=1S/C24H35N5O2/c1-2-3-4-5-6-7-10-18-11-8-12-19(15-14-18)23-27-24(31-28-23)22-20(30)13-9-16-29(22)17-21(25)26/h8,11,14-15,20,22,30H,2-7,9-10,13,16-17H2,1H3,(H3,25,26)/t20-,22-/m0/s1. The number of nitrogens with zero attached hydrogens (tertiary/aromatic N) is 3. The smallest absolute Gasteiger partial charge is 0.247 e. The Balaban J connectivity index is 1.61. The first-order valence-corrected chi connectivity index (χ1v) is 11.5. The van der Waals surface area contributed by atoms with Gasteiger partial charge in [-0.3, -0.25) is 10.3 Å². The van der Waals surface area contributed by atoms with Crippen LogP contribution in [0, 0.1) is 5.41 Å². The summed E-state index contributed by atoms with van der Waals surface area (Å²) in [6.07, 6.45) is 17.7. The van der Waals surface area contributed by atoms with Crippen LogP contribution in [0.4, 0.5) is 0 Å². The molecule has 0 bridgehead atoms. The Morgan fingerprint density at radius 3 is 2.90 bits per heavy atom. The molecule has 1 aromatic heterocycles. The summed E-state index contributed by atoms with van der Waals surface area (Å²) >= 11 is 0. The van der Waals surface area contributed by atoms with E-state index in [9.17, 15) is 5.11 Å². The highest BCUT2D eigenvalue weighted by Crippen LogP contribution is 2.31. The van der Waals surface area contributed by atoms with Gasteiger partial charge in [0.25, 0.3) is 0 Å². The van der Waals surface area contributed by atoms with Crippen LogP contribution in [0.15, 0.2) is 40.1 Å². The maximum absolute atomic E-state index is 10.5. The number of aromatic nitrogens is 2. The summed E-state index contributed by atoms with van der Waals surface area (Å²) in [5.74, 6) is 0.869. The summed E-state index contributed by atoms with van der Waals surface area (Å²) in [5.41, 5.74) is 10.8. The first-order chi connectivity index (χ1) is 15.1. The summed E-state index contributed by atoms with van der Waals surface area (Å²) in [6.45, 7) is 3.24. The maximum atomic E-state index is 10.5. The minimum Gasteiger partial charge on any atom is -0.391 e. The van der Waals surface area contributed by atoms with Crippen molar-refractivity contribution in [3.05, 3.63) is 47.3 Å². The predicted molar refractivity (Wildman–Crippen MR) is 122 cm³/mol. The maximum Gasteiger partial charge on any atom is 0.247 e. The van der Waals surface area contributed by atoms with Gasteiger partial charge in [0.05, 0.1) is 18.2 Å². The molecule has 1 aromatic rings. The SMILES string of the molecule is CCCCCCCCC1=CC=C=C(c2noc([C@@H]3[C@@H](O)CCCN3CC(=N)N)n2)C=C1. The highest BCUT2D eigenvalue weighted by molar-refractivity contribution is 5.79. The molecule has 7 heteroatoms. The molecule has 3 rings (SSSR count). The number of allylic oxidation sites excluding steroid dienone is 5. The fraction of sp³-hybridized carbons (Fsp3) is 0.583. The van der Waals surface area contributed by atoms with E-state index in [0.29, 0.717) is 18.1 Å². The van der Waals surface area contributed by atoms with Crippen molar-refractivity contribution in [3.63, 3.8) is 0 Å². The monoisotopic (exact) mass is 425 g/mol. The number of likely N-dealkylation sites (tertiary alicyclic amines) is 1. The van der Waals surface area contributed by atoms with Crippen molar-refractivity contribution in [1.82, 2.24) is 15.0 Å². The van der Waals surface area contributed by atoms with Crippen LogP contribution in [0.3, 0.4) is 0 Å². The van der Waals surface area contributed by atoms with Gasteiger partial charge in [-0.05, 0) is 50.0 Å². The van der Waals surface area contributed by atoms with Crippen molar-refractivity contribution in [3.8, 4) is 0 Å².